The average Bonchev–Trinajstić information content (AvgIpc) is 3.18. The van der Waals surface area contributed by atoms with E-state index in [9.17, 15) is 9.18 Å². The molecule has 4 nitrogen and oxygen atoms in total. The van der Waals surface area contributed by atoms with E-state index >= 15 is 0 Å². The number of aliphatic imine (C=N–C) groups is 1. The van der Waals surface area contributed by atoms with Crippen LogP contribution in [0.15, 0.2) is 99.3 Å². The van der Waals surface area contributed by atoms with Gasteiger partial charge < -0.3 is 10.1 Å². The summed E-state index contributed by atoms with van der Waals surface area (Å²) in [5.74, 6) is 0.166. The molecule has 0 bridgehead atoms. The molecule has 0 spiro atoms. The number of hydrogen-bond acceptors (Lipinski definition) is 4. The van der Waals surface area contributed by atoms with Crippen LogP contribution in [-0.2, 0) is 11.4 Å². The van der Waals surface area contributed by atoms with Crippen molar-refractivity contribution in [2.24, 2.45) is 4.99 Å². The fourth-order valence-electron chi connectivity index (χ4n) is 3.48. The van der Waals surface area contributed by atoms with Gasteiger partial charge in [-0.2, -0.15) is 0 Å². The Labute approximate surface area is 208 Å². The molecule has 5 rings (SSSR count). The third kappa shape index (κ3) is 5.21. The zero-order chi connectivity index (χ0) is 23.5. The predicted octanol–water partition coefficient (Wildman–Crippen LogP) is 7.21. The van der Waals surface area contributed by atoms with Crippen molar-refractivity contribution in [1.82, 2.24) is 5.32 Å². The molecule has 0 aliphatic carbocycles. The lowest BCUT2D eigenvalue weighted by Gasteiger charge is -2.10. The molecule has 1 amide bonds. The van der Waals surface area contributed by atoms with Gasteiger partial charge in [0.15, 0.2) is 5.17 Å². The molecule has 1 aliphatic heterocycles. The van der Waals surface area contributed by atoms with E-state index in [-0.39, 0.29) is 11.7 Å². The second-order valence-corrected chi connectivity index (χ2v) is 9.50. The highest BCUT2D eigenvalue weighted by atomic mass is 79.9. The van der Waals surface area contributed by atoms with Gasteiger partial charge in [0.1, 0.15) is 18.2 Å². The molecule has 7 heteroatoms. The summed E-state index contributed by atoms with van der Waals surface area (Å²) < 4.78 is 19.9. The second kappa shape index (κ2) is 9.83. The van der Waals surface area contributed by atoms with Crippen LogP contribution >= 0.6 is 27.7 Å². The molecule has 0 atom stereocenters. The van der Waals surface area contributed by atoms with E-state index in [0.717, 1.165) is 21.3 Å². The smallest absolute Gasteiger partial charge is 0.264 e. The van der Waals surface area contributed by atoms with E-state index in [1.165, 1.54) is 34.7 Å². The minimum Gasteiger partial charge on any atom is -0.488 e. The standard InChI is InChI=1S/C27H18BrFN2O2S/c28-23-14-17(15-25-26(32)31-27(34-25)30-22-10-8-21(29)9-11-22)6-12-24(23)33-16-18-5-7-19-3-1-2-4-20(19)13-18/h1-15H,16H2,(H,30,31,32)/b25-15+. The lowest BCUT2D eigenvalue weighted by molar-refractivity contribution is -0.115. The largest absolute Gasteiger partial charge is 0.488 e. The van der Waals surface area contributed by atoms with E-state index in [2.05, 4.69) is 56.6 Å². The molecule has 1 heterocycles. The van der Waals surface area contributed by atoms with Crippen LogP contribution in [0.4, 0.5) is 10.1 Å². The SMILES string of the molecule is O=C1NC(=Nc2ccc(F)cc2)S/C1=C/c1ccc(OCc2ccc3ccccc3c2)c(Br)c1. The summed E-state index contributed by atoms with van der Waals surface area (Å²) in [6, 6.07) is 26.0. The maximum absolute atomic E-state index is 13.1. The van der Waals surface area contributed by atoms with Gasteiger partial charge in [-0.3, -0.25) is 4.79 Å². The van der Waals surface area contributed by atoms with Crippen molar-refractivity contribution >= 4 is 61.3 Å². The van der Waals surface area contributed by atoms with Gasteiger partial charge >= 0.3 is 0 Å². The Bertz CT molecular complexity index is 1450. The Kier molecular flexibility index (Phi) is 6.47. The Morgan fingerprint density at radius 1 is 0.971 bits per heavy atom. The normalized spacial score (nSPS) is 15.8. The van der Waals surface area contributed by atoms with Gasteiger partial charge in [-0.05, 0) is 98.1 Å². The maximum atomic E-state index is 13.1. The molecule has 0 saturated carbocycles. The molecule has 1 fully saturated rings. The number of ether oxygens (including phenoxy) is 1. The molecule has 1 N–H and O–H groups in total. The zero-order valence-electron chi connectivity index (χ0n) is 17.8. The third-order valence-electron chi connectivity index (χ3n) is 5.17. The molecule has 34 heavy (non-hydrogen) atoms. The summed E-state index contributed by atoms with van der Waals surface area (Å²) in [7, 11) is 0. The molecule has 168 valence electrons. The van der Waals surface area contributed by atoms with Crippen LogP contribution in [0.1, 0.15) is 11.1 Å². The molecule has 4 aromatic carbocycles. The van der Waals surface area contributed by atoms with Crippen molar-refractivity contribution in [2.75, 3.05) is 0 Å². The van der Waals surface area contributed by atoms with Crippen molar-refractivity contribution in [1.29, 1.82) is 0 Å². The molecule has 1 aliphatic rings. The van der Waals surface area contributed by atoms with Crippen molar-refractivity contribution < 1.29 is 13.9 Å². The van der Waals surface area contributed by atoms with E-state index in [1.807, 2.05) is 30.3 Å². The number of nitrogens with zero attached hydrogens (tertiary/aromatic N) is 1. The summed E-state index contributed by atoms with van der Waals surface area (Å²) in [6.45, 7) is 0.450. The highest BCUT2D eigenvalue weighted by molar-refractivity contribution is 9.10. The monoisotopic (exact) mass is 532 g/mol. The summed E-state index contributed by atoms with van der Waals surface area (Å²) in [5, 5.41) is 5.57. The summed E-state index contributed by atoms with van der Waals surface area (Å²) in [4.78, 5) is 17.2. The molecule has 0 radical (unpaired) electrons. The van der Waals surface area contributed by atoms with Crippen LogP contribution in [0.25, 0.3) is 16.8 Å². The Balaban J connectivity index is 1.27. The summed E-state index contributed by atoms with van der Waals surface area (Å²) >= 11 is 4.81. The number of fused-ring (bicyclic) bond motifs is 1. The Morgan fingerprint density at radius 2 is 1.76 bits per heavy atom. The predicted molar refractivity (Wildman–Crippen MR) is 140 cm³/mol. The number of amides is 1. The fraction of sp³-hybridized carbons (Fsp3) is 0.0370. The van der Waals surface area contributed by atoms with Gasteiger partial charge in [0.05, 0.1) is 15.1 Å². The minimum absolute atomic E-state index is 0.224. The van der Waals surface area contributed by atoms with Gasteiger partial charge in [-0.1, -0.05) is 42.5 Å². The van der Waals surface area contributed by atoms with E-state index in [0.29, 0.717) is 22.4 Å². The maximum Gasteiger partial charge on any atom is 0.264 e. The first-order valence-corrected chi connectivity index (χ1v) is 12.1. The number of carbonyl (C=O) groups excluding carboxylic acids is 1. The van der Waals surface area contributed by atoms with Crippen molar-refractivity contribution in [2.45, 2.75) is 6.61 Å². The first-order chi connectivity index (χ1) is 16.5. The molecular formula is C27H18BrFN2O2S. The van der Waals surface area contributed by atoms with Crippen molar-refractivity contribution in [3.63, 3.8) is 0 Å². The molecule has 1 saturated heterocycles. The second-order valence-electron chi connectivity index (χ2n) is 7.62. The first-order valence-electron chi connectivity index (χ1n) is 10.5. The zero-order valence-corrected chi connectivity index (χ0v) is 20.2. The van der Waals surface area contributed by atoms with Crippen molar-refractivity contribution in [3.05, 3.63) is 111 Å². The number of thioether (sulfide) groups is 1. The summed E-state index contributed by atoms with van der Waals surface area (Å²) in [5.41, 5.74) is 2.51. The highest BCUT2D eigenvalue weighted by Crippen LogP contribution is 2.31. The van der Waals surface area contributed by atoms with Gasteiger partial charge in [-0.25, -0.2) is 9.38 Å². The number of rotatable bonds is 5. The molecular weight excluding hydrogens is 515 g/mol. The van der Waals surface area contributed by atoms with E-state index in [4.69, 9.17) is 4.74 Å². The van der Waals surface area contributed by atoms with Crippen LogP contribution in [0.3, 0.4) is 0 Å². The fourth-order valence-corrected chi connectivity index (χ4v) is 4.83. The quantitative estimate of drug-likeness (QED) is 0.276. The molecule has 0 unspecified atom stereocenters. The van der Waals surface area contributed by atoms with E-state index in [1.54, 1.807) is 18.2 Å². The highest BCUT2D eigenvalue weighted by Gasteiger charge is 2.23. The summed E-state index contributed by atoms with van der Waals surface area (Å²) in [6.07, 6.45) is 1.80. The number of hydrogen-bond donors (Lipinski definition) is 1. The average molecular weight is 533 g/mol. The van der Waals surface area contributed by atoms with Crippen LogP contribution in [0, 0.1) is 5.82 Å². The van der Waals surface area contributed by atoms with Gasteiger partial charge in [0.2, 0.25) is 0 Å². The molecule has 4 aromatic rings. The van der Waals surface area contributed by atoms with Crippen LogP contribution < -0.4 is 10.1 Å². The van der Waals surface area contributed by atoms with Crippen LogP contribution in [0.5, 0.6) is 5.75 Å². The number of nitrogens with one attached hydrogen (secondary N) is 1. The minimum atomic E-state index is -0.331. The number of benzene rings is 4. The van der Waals surface area contributed by atoms with Crippen molar-refractivity contribution in [3.8, 4) is 5.75 Å². The van der Waals surface area contributed by atoms with Gasteiger partial charge in [0, 0.05) is 0 Å². The third-order valence-corrected chi connectivity index (χ3v) is 6.70. The Morgan fingerprint density at radius 3 is 2.56 bits per heavy atom. The number of amidine groups is 1. The van der Waals surface area contributed by atoms with Crippen LogP contribution in [0.2, 0.25) is 0 Å². The van der Waals surface area contributed by atoms with Gasteiger partial charge in [-0.15, -0.1) is 0 Å². The number of halogens is 2. The number of carbonyl (C=O) groups is 1. The topological polar surface area (TPSA) is 50.7 Å². The van der Waals surface area contributed by atoms with Crippen LogP contribution in [-0.4, -0.2) is 11.1 Å². The van der Waals surface area contributed by atoms with Gasteiger partial charge in [0.25, 0.3) is 5.91 Å². The Hall–Kier alpha value is -3.42. The lowest BCUT2D eigenvalue weighted by atomic mass is 10.1. The molecule has 0 aromatic heterocycles. The van der Waals surface area contributed by atoms with E-state index < -0.39 is 0 Å². The first kappa shape index (κ1) is 22.4. The lowest BCUT2D eigenvalue weighted by Crippen LogP contribution is -2.19.